The number of fused-ring (bicyclic) bond motifs is 1. The summed E-state index contributed by atoms with van der Waals surface area (Å²) in [6, 6.07) is 9.94. The lowest BCUT2D eigenvalue weighted by atomic mass is 9.83. The van der Waals surface area contributed by atoms with Crippen molar-refractivity contribution in [1.29, 1.82) is 0 Å². The topological polar surface area (TPSA) is 49.3 Å². The summed E-state index contributed by atoms with van der Waals surface area (Å²) in [5, 5.41) is 6.90. The second kappa shape index (κ2) is 9.61. The number of benzene rings is 1. The molecule has 30 heavy (non-hydrogen) atoms. The number of anilines is 1. The summed E-state index contributed by atoms with van der Waals surface area (Å²) in [6.45, 7) is 5.47. The van der Waals surface area contributed by atoms with Gasteiger partial charge in [-0.05, 0) is 55.0 Å². The standard InChI is InChI=1S/C23H25F3N4/c1-3-12-29-30-22(23(24,25)26)16(2)19-11-13-27-15-21(19)28-14-18-9-6-8-17-7-4-5-10-20(17)18/h3-5,7,10-13,15,18,28,30H,1,6,8-9,14H2,2H3/b22-16+,29-12+. The zero-order valence-electron chi connectivity index (χ0n) is 16.8. The minimum absolute atomic E-state index is 0.0395. The molecule has 0 amide bonds. The van der Waals surface area contributed by atoms with E-state index in [-0.39, 0.29) is 5.57 Å². The van der Waals surface area contributed by atoms with Crippen molar-refractivity contribution < 1.29 is 13.2 Å². The van der Waals surface area contributed by atoms with E-state index >= 15 is 0 Å². The van der Waals surface area contributed by atoms with Crippen LogP contribution in [0.3, 0.4) is 0 Å². The maximum absolute atomic E-state index is 13.6. The molecule has 2 aromatic rings. The molecule has 1 aliphatic rings. The largest absolute Gasteiger partial charge is 0.433 e. The molecule has 0 bridgehead atoms. The van der Waals surface area contributed by atoms with Crippen molar-refractivity contribution in [3.8, 4) is 0 Å². The molecule has 1 aromatic carbocycles. The Bertz CT molecular complexity index is 947. The van der Waals surface area contributed by atoms with Gasteiger partial charge < -0.3 is 5.32 Å². The van der Waals surface area contributed by atoms with E-state index in [1.807, 2.05) is 12.1 Å². The first kappa shape index (κ1) is 21.6. The van der Waals surface area contributed by atoms with Crippen molar-refractivity contribution >= 4 is 17.5 Å². The van der Waals surface area contributed by atoms with Crippen LogP contribution in [0.25, 0.3) is 5.57 Å². The van der Waals surface area contributed by atoms with E-state index in [0.29, 0.717) is 23.7 Å². The van der Waals surface area contributed by atoms with Gasteiger partial charge >= 0.3 is 6.18 Å². The van der Waals surface area contributed by atoms with Gasteiger partial charge in [0.15, 0.2) is 0 Å². The van der Waals surface area contributed by atoms with Crippen molar-refractivity contribution in [2.24, 2.45) is 5.10 Å². The van der Waals surface area contributed by atoms with Gasteiger partial charge in [-0.3, -0.25) is 10.4 Å². The van der Waals surface area contributed by atoms with Gasteiger partial charge in [0.05, 0.1) is 11.9 Å². The van der Waals surface area contributed by atoms with Crippen LogP contribution in [-0.2, 0) is 6.42 Å². The Labute approximate surface area is 174 Å². The number of aryl methyl sites for hydroxylation is 1. The van der Waals surface area contributed by atoms with Crippen LogP contribution in [0.15, 0.2) is 66.2 Å². The number of alkyl halides is 3. The first-order valence-electron chi connectivity index (χ1n) is 9.86. The summed E-state index contributed by atoms with van der Waals surface area (Å²) in [5.41, 5.74) is 4.89. The molecule has 4 nitrogen and oxygen atoms in total. The predicted octanol–water partition coefficient (Wildman–Crippen LogP) is 5.67. The fraction of sp³-hybridized carbons (Fsp3) is 0.304. The predicted molar refractivity (Wildman–Crippen MR) is 115 cm³/mol. The lowest BCUT2D eigenvalue weighted by Gasteiger charge is -2.26. The Morgan fingerprint density at radius 2 is 2.10 bits per heavy atom. The molecule has 1 unspecified atom stereocenters. The Morgan fingerprint density at radius 1 is 1.30 bits per heavy atom. The van der Waals surface area contributed by atoms with Gasteiger partial charge in [0.2, 0.25) is 0 Å². The van der Waals surface area contributed by atoms with Crippen molar-refractivity contribution in [2.75, 3.05) is 11.9 Å². The molecule has 0 radical (unpaired) electrons. The molecule has 1 aliphatic carbocycles. The summed E-state index contributed by atoms with van der Waals surface area (Å²) >= 11 is 0. The van der Waals surface area contributed by atoms with Crippen LogP contribution >= 0.6 is 0 Å². The summed E-state index contributed by atoms with van der Waals surface area (Å²) in [5.74, 6) is 0.310. The van der Waals surface area contributed by atoms with Gasteiger partial charge in [0, 0.05) is 30.4 Å². The van der Waals surface area contributed by atoms with Gasteiger partial charge in [-0.2, -0.15) is 18.3 Å². The van der Waals surface area contributed by atoms with Crippen LogP contribution < -0.4 is 10.7 Å². The first-order chi connectivity index (χ1) is 14.4. The van der Waals surface area contributed by atoms with E-state index in [9.17, 15) is 13.2 Å². The monoisotopic (exact) mass is 414 g/mol. The SMILES string of the molecule is C=C/C=N/N/C(=C(\C)c1ccncc1NCC1CCCc2ccccc21)C(F)(F)F. The van der Waals surface area contributed by atoms with Gasteiger partial charge in [-0.1, -0.05) is 30.8 Å². The van der Waals surface area contributed by atoms with Gasteiger partial charge in [-0.25, -0.2) is 0 Å². The summed E-state index contributed by atoms with van der Waals surface area (Å²) < 4.78 is 40.8. The van der Waals surface area contributed by atoms with Crippen LogP contribution in [-0.4, -0.2) is 23.9 Å². The Kier molecular flexibility index (Phi) is 6.92. The van der Waals surface area contributed by atoms with Crippen molar-refractivity contribution in [2.45, 2.75) is 38.3 Å². The molecule has 0 fully saturated rings. The molecule has 7 heteroatoms. The number of pyridine rings is 1. The minimum Gasteiger partial charge on any atom is -0.383 e. The molecule has 0 saturated heterocycles. The van der Waals surface area contributed by atoms with Crippen LogP contribution in [0, 0.1) is 0 Å². The number of hydrogen-bond acceptors (Lipinski definition) is 4. The lowest BCUT2D eigenvalue weighted by Crippen LogP contribution is -2.24. The average Bonchev–Trinajstić information content (AvgIpc) is 2.74. The zero-order chi connectivity index (χ0) is 21.6. The van der Waals surface area contributed by atoms with Crippen LogP contribution in [0.2, 0.25) is 0 Å². The number of aromatic nitrogens is 1. The third kappa shape index (κ3) is 5.09. The highest BCUT2D eigenvalue weighted by Crippen LogP contribution is 2.35. The van der Waals surface area contributed by atoms with Gasteiger partial charge in [0.25, 0.3) is 0 Å². The molecule has 1 heterocycles. The van der Waals surface area contributed by atoms with E-state index in [1.165, 1.54) is 36.5 Å². The molecule has 1 aromatic heterocycles. The molecule has 0 spiro atoms. The fourth-order valence-corrected chi connectivity index (χ4v) is 3.81. The van der Waals surface area contributed by atoms with Crippen molar-refractivity contribution in [1.82, 2.24) is 10.4 Å². The minimum atomic E-state index is -4.58. The normalized spacial score (nSPS) is 17.3. The Hall–Kier alpha value is -3.09. The van der Waals surface area contributed by atoms with Crippen molar-refractivity contribution in [3.05, 3.63) is 77.8 Å². The highest BCUT2D eigenvalue weighted by molar-refractivity contribution is 5.77. The number of hydrogen-bond donors (Lipinski definition) is 2. The number of allylic oxidation sites excluding steroid dienone is 3. The number of nitrogens with zero attached hydrogens (tertiary/aromatic N) is 2. The van der Waals surface area contributed by atoms with E-state index in [1.54, 1.807) is 12.3 Å². The van der Waals surface area contributed by atoms with Crippen LogP contribution in [0.5, 0.6) is 0 Å². The maximum atomic E-state index is 13.6. The number of nitrogens with one attached hydrogen (secondary N) is 2. The second-order valence-corrected chi connectivity index (χ2v) is 7.21. The maximum Gasteiger partial charge on any atom is 0.433 e. The molecule has 1 atom stereocenters. The second-order valence-electron chi connectivity index (χ2n) is 7.21. The zero-order valence-corrected chi connectivity index (χ0v) is 16.8. The van der Waals surface area contributed by atoms with Gasteiger partial charge in [-0.15, -0.1) is 0 Å². The molecular formula is C23H25F3N4. The molecule has 158 valence electrons. The van der Waals surface area contributed by atoms with E-state index in [4.69, 9.17) is 0 Å². The fourth-order valence-electron chi connectivity index (χ4n) is 3.81. The average molecular weight is 414 g/mol. The van der Waals surface area contributed by atoms with Crippen molar-refractivity contribution in [3.63, 3.8) is 0 Å². The highest BCUT2D eigenvalue weighted by Gasteiger charge is 2.36. The quantitative estimate of drug-likeness (QED) is 0.453. The number of halogens is 3. The van der Waals surface area contributed by atoms with E-state index in [0.717, 1.165) is 19.3 Å². The molecular weight excluding hydrogens is 389 g/mol. The molecule has 0 saturated carbocycles. The summed E-state index contributed by atoms with van der Waals surface area (Å²) in [7, 11) is 0. The molecule has 2 N–H and O–H groups in total. The number of rotatable bonds is 7. The summed E-state index contributed by atoms with van der Waals surface area (Å²) in [4.78, 5) is 4.10. The first-order valence-corrected chi connectivity index (χ1v) is 9.86. The Balaban J connectivity index is 1.87. The van der Waals surface area contributed by atoms with Crippen LogP contribution in [0.4, 0.5) is 18.9 Å². The van der Waals surface area contributed by atoms with E-state index in [2.05, 4.69) is 39.5 Å². The third-order valence-electron chi connectivity index (χ3n) is 5.27. The molecule has 3 rings (SSSR count). The molecule has 0 aliphatic heterocycles. The smallest absolute Gasteiger partial charge is 0.383 e. The summed E-state index contributed by atoms with van der Waals surface area (Å²) in [6.07, 6.45) is 4.16. The van der Waals surface area contributed by atoms with E-state index < -0.39 is 11.9 Å². The number of hydrazone groups is 1. The third-order valence-corrected chi connectivity index (χ3v) is 5.27. The lowest BCUT2D eigenvalue weighted by molar-refractivity contribution is -0.0960. The highest BCUT2D eigenvalue weighted by atomic mass is 19.4. The Morgan fingerprint density at radius 3 is 2.87 bits per heavy atom. The van der Waals surface area contributed by atoms with Gasteiger partial charge in [0.1, 0.15) is 5.70 Å². The van der Waals surface area contributed by atoms with Crippen LogP contribution in [0.1, 0.15) is 42.4 Å².